The summed E-state index contributed by atoms with van der Waals surface area (Å²) < 4.78 is 5.29. The van der Waals surface area contributed by atoms with Crippen molar-refractivity contribution in [2.75, 3.05) is 18.6 Å². The molecule has 0 amide bonds. The van der Waals surface area contributed by atoms with Crippen LogP contribution in [0, 0.1) is 5.41 Å². The van der Waals surface area contributed by atoms with Crippen LogP contribution in [-0.2, 0) is 6.42 Å². The van der Waals surface area contributed by atoms with Crippen molar-refractivity contribution in [3.05, 3.63) is 71.4 Å². The van der Waals surface area contributed by atoms with Crippen LogP contribution in [0.3, 0.4) is 0 Å². The number of methoxy groups -OCH3 is 1. The van der Waals surface area contributed by atoms with Crippen LogP contribution in [-0.4, -0.2) is 34.3 Å². The van der Waals surface area contributed by atoms with Gasteiger partial charge in [0, 0.05) is 24.7 Å². The third kappa shape index (κ3) is 4.06. The van der Waals surface area contributed by atoms with Gasteiger partial charge in [-0.25, -0.2) is 4.98 Å². The summed E-state index contributed by atoms with van der Waals surface area (Å²) in [6.45, 7) is 6.83. The minimum atomic E-state index is -0.293. The molecule has 0 saturated heterocycles. The standard InChI is InChI=1S/C22H27N5O/c1-5-6-8-15(2)16(3)13-17(23)22-21-18(24-14-25-21)11-12-27(22)19-9-7-10-20(26-19)28-4/h5-10,13-14,22-23H,11-12H2,1-4H3,(H,24,25)/b6-5-,15-8-,16-13+,23-17?. The number of allylic oxidation sites excluding steroid dienone is 5. The summed E-state index contributed by atoms with van der Waals surface area (Å²) in [5.74, 6) is 1.35. The van der Waals surface area contributed by atoms with E-state index in [1.165, 1.54) is 0 Å². The topological polar surface area (TPSA) is 77.9 Å². The van der Waals surface area contributed by atoms with Crippen molar-refractivity contribution < 1.29 is 4.74 Å². The van der Waals surface area contributed by atoms with Crippen molar-refractivity contribution in [3.8, 4) is 5.88 Å². The van der Waals surface area contributed by atoms with E-state index in [0.717, 1.165) is 41.3 Å². The number of anilines is 1. The lowest BCUT2D eigenvalue weighted by atomic mass is 9.96. The summed E-state index contributed by atoms with van der Waals surface area (Å²) in [7, 11) is 1.61. The van der Waals surface area contributed by atoms with Gasteiger partial charge in [-0.1, -0.05) is 24.3 Å². The Morgan fingerprint density at radius 3 is 2.89 bits per heavy atom. The molecule has 3 rings (SSSR count). The Labute approximate surface area is 166 Å². The van der Waals surface area contributed by atoms with Gasteiger partial charge >= 0.3 is 0 Å². The lowest BCUT2D eigenvalue weighted by Crippen LogP contribution is -2.40. The normalized spacial score (nSPS) is 17.7. The zero-order valence-electron chi connectivity index (χ0n) is 16.9. The summed E-state index contributed by atoms with van der Waals surface area (Å²) in [6.07, 6.45) is 10.5. The maximum absolute atomic E-state index is 8.86. The molecular formula is C22H27N5O. The van der Waals surface area contributed by atoms with Crippen LogP contribution < -0.4 is 9.64 Å². The first-order valence-electron chi connectivity index (χ1n) is 9.41. The van der Waals surface area contributed by atoms with Crippen LogP contribution in [0.5, 0.6) is 5.88 Å². The van der Waals surface area contributed by atoms with Gasteiger partial charge in [0.25, 0.3) is 0 Å². The van der Waals surface area contributed by atoms with Crippen molar-refractivity contribution in [2.45, 2.75) is 33.2 Å². The highest BCUT2D eigenvalue weighted by molar-refractivity contribution is 6.00. The first-order chi connectivity index (χ1) is 13.5. The molecule has 6 heteroatoms. The number of fused-ring (bicyclic) bond motifs is 1. The number of pyridine rings is 1. The fourth-order valence-corrected chi connectivity index (χ4v) is 3.31. The lowest BCUT2D eigenvalue weighted by molar-refractivity contribution is 0.397. The van der Waals surface area contributed by atoms with Gasteiger partial charge in [-0.2, -0.15) is 4.98 Å². The molecule has 1 aliphatic heterocycles. The monoisotopic (exact) mass is 377 g/mol. The summed E-state index contributed by atoms with van der Waals surface area (Å²) >= 11 is 0. The Morgan fingerprint density at radius 1 is 1.32 bits per heavy atom. The highest BCUT2D eigenvalue weighted by Crippen LogP contribution is 2.33. The largest absolute Gasteiger partial charge is 0.481 e. The highest BCUT2D eigenvalue weighted by Gasteiger charge is 2.33. The van der Waals surface area contributed by atoms with Gasteiger partial charge < -0.3 is 20.0 Å². The van der Waals surface area contributed by atoms with E-state index in [9.17, 15) is 0 Å². The highest BCUT2D eigenvalue weighted by atomic mass is 16.5. The first-order valence-corrected chi connectivity index (χ1v) is 9.41. The van der Waals surface area contributed by atoms with E-state index in [-0.39, 0.29) is 6.04 Å². The number of ether oxygens (including phenoxy) is 1. The summed E-state index contributed by atoms with van der Waals surface area (Å²) in [5, 5.41) is 8.86. The smallest absolute Gasteiger partial charge is 0.214 e. The van der Waals surface area contributed by atoms with Crippen molar-refractivity contribution >= 4 is 11.5 Å². The molecule has 1 atom stereocenters. The molecule has 0 spiro atoms. The van der Waals surface area contributed by atoms with E-state index in [1.807, 2.05) is 50.3 Å². The molecule has 1 aliphatic rings. The average molecular weight is 377 g/mol. The molecule has 0 fully saturated rings. The molecule has 28 heavy (non-hydrogen) atoms. The molecular weight excluding hydrogens is 350 g/mol. The quantitative estimate of drug-likeness (QED) is 0.577. The van der Waals surface area contributed by atoms with Crippen molar-refractivity contribution in [2.24, 2.45) is 0 Å². The molecule has 6 nitrogen and oxygen atoms in total. The predicted octanol–water partition coefficient (Wildman–Crippen LogP) is 4.41. The number of nitrogens with zero attached hydrogens (tertiary/aromatic N) is 3. The molecule has 2 aromatic heterocycles. The lowest BCUT2D eigenvalue weighted by Gasteiger charge is -2.35. The number of nitrogens with one attached hydrogen (secondary N) is 2. The van der Waals surface area contributed by atoms with Gasteiger partial charge in [-0.3, -0.25) is 0 Å². The third-order valence-electron chi connectivity index (χ3n) is 4.96. The van der Waals surface area contributed by atoms with E-state index in [0.29, 0.717) is 11.6 Å². The molecule has 0 bridgehead atoms. The zero-order chi connectivity index (χ0) is 20.1. The van der Waals surface area contributed by atoms with E-state index >= 15 is 0 Å². The summed E-state index contributed by atoms with van der Waals surface area (Å²) in [4.78, 5) is 14.5. The fourth-order valence-electron chi connectivity index (χ4n) is 3.31. The van der Waals surface area contributed by atoms with Gasteiger partial charge in [0.2, 0.25) is 5.88 Å². The SMILES string of the molecule is C\C=C/C=C(C)\C(C)=C\C(=N)C1c2nc[nH]c2CCN1c1cccc(OC)n1. The average Bonchev–Trinajstić information content (AvgIpc) is 3.19. The minimum Gasteiger partial charge on any atom is -0.481 e. The number of hydrogen-bond acceptors (Lipinski definition) is 5. The van der Waals surface area contributed by atoms with Crippen molar-refractivity contribution in [1.82, 2.24) is 15.0 Å². The maximum Gasteiger partial charge on any atom is 0.214 e. The Morgan fingerprint density at radius 2 is 2.14 bits per heavy atom. The van der Waals surface area contributed by atoms with E-state index in [2.05, 4.69) is 32.9 Å². The number of H-pyrrole nitrogens is 1. The number of rotatable bonds is 6. The molecule has 146 valence electrons. The van der Waals surface area contributed by atoms with Crippen LogP contribution in [0.1, 0.15) is 38.2 Å². The molecule has 0 aliphatic carbocycles. The second kappa shape index (κ2) is 8.69. The second-order valence-electron chi connectivity index (χ2n) is 6.81. The third-order valence-corrected chi connectivity index (χ3v) is 4.96. The van der Waals surface area contributed by atoms with E-state index < -0.39 is 0 Å². The van der Waals surface area contributed by atoms with Gasteiger partial charge in [0.05, 0.1) is 24.8 Å². The van der Waals surface area contributed by atoms with Crippen molar-refractivity contribution in [3.63, 3.8) is 0 Å². The number of hydrogen-bond donors (Lipinski definition) is 2. The van der Waals surface area contributed by atoms with Gasteiger partial charge in [0.15, 0.2) is 0 Å². The van der Waals surface area contributed by atoms with Crippen LogP contribution in [0.25, 0.3) is 0 Å². The van der Waals surface area contributed by atoms with E-state index in [4.69, 9.17) is 10.1 Å². The Bertz CT molecular complexity index is 938. The number of aromatic nitrogens is 3. The van der Waals surface area contributed by atoms with Crippen LogP contribution in [0.4, 0.5) is 5.82 Å². The van der Waals surface area contributed by atoms with Crippen molar-refractivity contribution in [1.29, 1.82) is 5.41 Å². The zero-order valence-corrected chi connectivity index (χ0v) is 16.9. The summed E-state index contributed by atoms with van der Waals surface area (Å²) in [6, 6.07) is 5.41. The van der Waals surface area contributed by atoms with Gasteiger partial charge in [-0.05, 0) is 44.1 Å². The number of imidazole rings is 1. The Kier molecular flexibility index (Phi) is 6.09. The van der Waals surface area contributed by atoms with Crippen LogP contribution in [0.15, 0.2) is 60.0 Å². The molecule has 0 saturated carbocycles. The molecule has 2 N–H and O–H groups in total. The molecule has 0 aromatic carbocycles. The Hall–Kier alpha value is -3.15. The van der Waals surface area contributed by atoms with Crippen LogP contribution in [0.2, 0.25) is 0 Å². The molecule has 0 radical (unpaired) electrons. The minimum absolute atomic E-state index is 0.293. The van der Waals surface area contributed by atoms with Gasteiger partial charge in [-0.15, -0.1) is 0 Å². The molecule has 1 unspecified atom stereocenters. The predicted molar refractivity (Wildman–Crippen MR) is 113 cm³/mol. The van der Waals surface area contributed by atoms with Gasteiger partial charge in [0.1, 0.15) is 11.9 Å². The van der Waals surface area contributed by atoms with Crippen LogP contribution >= 0.6 is 0 Å². The molecule has 2 aromatic rings. The Balaban J connectivity index is 1.99. The first kappa shape index (κ1) is 19.6. The second-order valence-corrected chi connectivity index (χ2v) is 6.81. The number of aromatic amines is 1. The summed E-state index contributed by atoms with van der Waals surface area (Å²) in [5.41, 5.74) is 4.65. The fraction of sp³-hybridized carbons (Fsp3) is 0.318. The van der Waals surface area contributed by atoms with E-state index in [1.54, 1.807) is 13.4 Å². The molecule has 3 heterocycles. The maximum atomic E-state index is 8.86.